The van der Waals surface area contributed by atoms with Crippen molar-refractivity contribution in [3.8, 4) is 0 Å². The first-order valence-electron chi connectivity index (χ1n) is 57.0. The number of rotatable bonds is 5. The van der Waals surface area contributed by atoms with Crippen molar-refractivity contribution in [1.82, 2.24) is 0 Å². The first-order valence-corrected chi connectivity index (χ1v) is 57.0. The van der Waals surface area contributed by atoms with E-state index in [1.54, 1.807) is 57.8 Å². The molecule has 0 N–H and O–H groups in total. The van der Waals surface area contributed by atoms with Crippen LogP contribution in [0, 0.1) is 204 Å². The maximum atomic E-state index is 2.48. The highest BCUT2D eigenvalue weighted by molar-refractivity contribution is 5.01. The fourth-order valence-corrected chi connectivity index (χ4v) is 29.1. The molecule has 121 heavy (non-hydrogen) atoms. The topological polar surface area (TPSA) is 0 Å². The van der Waals surface area contributed by atoms with E-state index in [1.807, 2.05) is 0 Å². The van der Waals surface area contributed by atoms with Gasteiger partial charge in [-0.05, 0) is 339 Å². The smallest absolute Gasteiger partial charge is 0.0297 e. The molecule has 0 spiro atoms. The van der Waals surface area contributed by atoms with Crippen LogP contribution in [0.5, 0.6) is 0 Å². The Labute approximate surface area is 766 Å². The van der Waals surface area contributed by atoms with Crippen LogP contribution in [0.4, 0.5) is 0 Å². The van der Waals surface area contributed by atoms with Crippen LogP contribution in [-0.4, -0.2) is 0 Å². The SMILES string of the molecule is CC(C)C1CCC1.CC(C)C1CCCC1.CC1C(C)(C)CCCC1(C)C.CC1C2CCC(C2)[C@H]1C.CC1CCC(C)(C)CC1.CC1CCCC(C)C1C.CC1CCCC[C@H]1C.CCC1CC2CCC1C2.CCC1CCCC1.CCC1CCCCC1.C[C@@H]1C2CCC(C2)C1(C)C.C[C@@H]1CCCCC1(C)C.C[C@H]1CC2CCC1(C)C2.C[C@H]1CC2CCC1C2. The lowest BCUT2D eigenvalue weighted by Gasteiger charge is -2.47. The molecule has 19 aliphatic rings. The molecule has 0 amide bonds. The molecule has 19 aliphatic carbocycles. The normalized spacial score (nSPS) is 38.8. The van der Waals surface area contributed by atoms with Crippen molar-refractivity contribution in [2.75, 3.05) is 0 Å². The average molecular weight is 1690 g/mol. The maximum absolute atomic E-state index is 2.48. The van der Waals surface area contributed by atoms with Crippen LogP contribution in [0.15, 0.2) is 0 Å². The molecular weight excluding hydrogens is 1450 g/mol. The standard InChI is InChI=1S/C11H22.C10H18.3C9H16.3C9H18.C8H14.3C8H16.2C7H14/c1-9-10(2,3)7-6-8-11(9,4)5;1-7-8-4-5-9(6-8)10(7,2)3;1-7-5-8-3-4-9(7,2)6-8;1-6-7(2)9-4-3-8(6)5-9;1-2-8-5-7-3-4-9(8)6-7;1-8-4-6-9(2,3)7-5-8;1-8-6-4-5-7-9(8,2)3;1-7-5-4-6-8(2)9(7)3;1-6-4-7-2-3-8(6)5-7;1-7-5-3-4-6-8(7)2;1-7(2)8-5-3-4-6-8;1-2-8-6-4-3-5-7-8;1-6(2)7-4-3-5-7;1-2-7-5-3-4-6-7/h9H,6-8H2,1-5H3;7-9H,4-6H2,1-3H3;7-8H,3-6H2,1-2H3;6-9H,3-5H2,1-2H3;7-9H,2-6H2,1H3;2*8H,4-7H2,1-3H3;7-9H,4-6H2,1-3H3;6-8H,2-5H2,1H3;2*7-8H,3-6H2,1-2H3;8H,2-7H2,1H3;6-7H,3-5H2,1-2H3;7H,2-6H2,1H3/t;2*7-,8?,9?;6-,7?,8?,9?;;;8-;;6-,7?,8?;7-,8?;;;;/m.100..1.01..../s1. The predicted molar refractivity (Wildman–Crippen MR) is 546 cm³/mol. The summed E-state index contributed by atoms with van der Waals surface area (Å²) >= 11 is 0. The van der Waals surface area contributed by atoms with Gasteiger partial charge in [0.25, 0.3) is 0 Å². The van der Waals surface area contributed by atoms with Gasteiger partial charge in [-0.15, -0.1) is 0 Å². The molecule has 0 heteroatoms. The molecule has 0 radical (unpaired) electrons. The fourth-order valence-electron chi connectivity index (χ4n) is 29.1. The van der Waals surface area contributed by atoms with Crippen LogP contribution in [0.3, 0.4) is 0 Å². The van der Waals surface area contributed by atoms with Gasteiger partial charge in [-0.25, -0.2) is 0 Å². The van der Waals surface area contributed by atoms with E-state index in [0.29, 0.717) is 27.1 Å². The summed E-state index contributed by atoms with van der Waals surface area (Å²) in [4.78, 5) is 0. The Bertz CT molecular complexity index is 2540. The van der Waals surface area contributed by atoms with Gasteiger partial charge in [-0.1, -0.05) is 433 Å². The van der Waals surface area contributed by atoms with Gasteiger partial charge in [-0.2, -0.15) is 0 Å². The summed E-state index contributed by atoms with van der Waals surface area (Å²) in [5, 5.41) is 0. The van der Waals surface area contributed by atoms with E-state index >= 15 is 0 Å². The highest BCUT2D eigenvalue weighted by atomic mass is 14.6. The van der Waals surface area contributed by atoms with E-state index in [4.69, 9.17) is 0 Å². The molecule has 19 rings (SSSR count). The summed E-state index contributed by atoms with van der Waals surface area (Å²) in [6.45, 7) is 74.2. The number of fused-ring (bicyclic) bond motifs is 10. The summed E-state index contributed by atoms with van der Waals surface area (Å²) in [6.07, 6.45) is 82.2. The van der Waals surface area contributed by atoms with Gasteiger partial charge >= 0.3 is 0 Å². The Kier molecular flexibility index (Phi) is 48.6. The molecule has 0 aromatic heterocycles. The van der Waals surface area contributed by atoms with Crippen LogP contribution < -0.4 is 0 Å². The molecule has 19 saturated carbocycles. The quantitative estimate of drug-likeness (QED) is 0.257. The van der Waals surface area contributed by atoms with Crippen LogP contribution in [-0.2, 0) is 0 Å². The van der Waals surface area contributed by atoms with Gasteiger partial charge in [0.2, 0.25) is 0 Å². The second-order valence-corrected chi connectivity index (χ2v) is 53.5. The van der Waals surface area contributed by atoms with Crippen molar-refractivity contribution in [1.29, 1.82) is 0 Å². The minimum Gasteiger partial charge on any atom is -0.0651 e. The van der Waals surface area contributed by atoms with Crippen molar-refractivity contribution in [3.05, 3.63) is 0 Å². The number of hydrogen-bond acceptors (Lipinski definition) is 0. The lowest BCUT2D eigenvalue weighted by atomic mass is 9.58. The van der Waals surface area contributed by atoms with E-state index in [0.717, 1.165) is 177 Å². The number of hydrogen-bond donors (Lipinski definition) is 0. The Balaban J connectivity index is 0.000000202. The van der Waals surface area contributed by atoms with E-state index in [1.165, 1.54) is 295 Å². The highest BCUT2D eigenvalue weighted by Crippen LogP contribution is 2.60. The minimum atomic E-state index is 0.571. The molecule has 0 saturated heterocycles. The fraction of sp³-hybridized carbons (Fsp3) is 1.00. The maximum Gasteiger partial charge on any atom is -0.0297 e. The Morgan fingerprint density at radius 3 is 0.959 bits per heavy atom. The first kappa shape index (κ1) is 110. The van der Waals surface area contributed by atoms with Gasteiger partial charge in [0.15, 0.2) is 0 Å². The van der Waals surface area contributed by atoms with Gasteiger partial charge in [-0.3, -0.25) is 0 Å². The van der Waals surface area contributed by atoms with E-state index in [9.17, 15) is 0 Å². The third-order valence-electron chi connectivity index (χ3n) is 42.6. The van der Waals surface area contributed by atoms with Gasteiger partial charge in [0.05, 0.1) is 0 Å². The van der Waals surface area contributed by atoms with Gasteiger partial charge in [0.1, 0.15) is 0 Å². The van der Waals surface area contributed by atoms with Crippen molar-refractivity contribution < 1.29 is 0 Å². The third-order valence-corrected chi connectivity index (χ3v) is 42.6. The lowest BCUT2D eigenvalue weighted by Crippen LogP contribution is -2.38. The molecule has 0 heterocycles. The average Bonchev–Trinajstić information content (AvgIpc) is 1.44. The summed E-state index contributed by atoms with van der Waals surface area (Å²) in [6, 6.07) is 0. The molecule has 0 aromatic carbocycles. The summed E-state index contributed by atoms with van der Waals surface area (Å²) in [7, 11) is 0. The predicted octanol–water partition coefficient (Wildman–Crippen LogP) is 40.9. The monoisotopic (exact) mass is 1690 g/mol. The van der Waals surface area contributed by atoms with Crippen molar-refractivity contribution in [2.45, 2.75) is 568 Å². The Morgan fingerprint density at radius 1 is 0.273 bits per heavy atom. The molecule has 0 aliphatic heterocycles. The summed E-state index contributed by atoms with van der Waals surface area (Å²) in [5.74, 6) is 30.4. The second kappa shape index (κ2) is 53.6. The zero-order chi connectivity index (χ0) is 89.6. The lowest BCUT2D eigenvalue weighted by molar-refractivity contribution is 0.0286. The summed E-state index contributed by atoms with van der Waals surface area (Å²) in [5.41, 5.74) is 3.88. The van der Waals surface area contributed by atoms with Crippen molar-refractivity contribution >= 4 is 0 Å². The molecule has 15 unspecified atom stereocenters. The second-order valence-electron chi connectivity index (χ2n) is 53.5. The van der Waals surface area contributed by atoms with Crippen LogP contribution in [0.25, 0.3) is 0 Å². The molecule has 0 nitrogen and oxygen atoms in total. The third kappa shape index (κ3) is 36.5. The van der Waals surface area contributed by atoms with E-state index in [-0.39, 0.29) is 0 Å². The van der Waals surface area contributed by atoms with Crippen molar-refractivity contribution in [3.63, 3.8) is 0 Å². The molecule has 716 valence electrons. The molecule has 19 fully saturated rings. The largest absolute Gasteiger partial charge is 0.0651 e. The zero-order valence-corrected chi connectivity index (χ0v) is 89.6. The molecular formula is C121H232. The van der Waals surface area contributed by atoms with Gasteiger partial charge < -0.3 is 0 Å². The highest BCUT2D eigenvalue weighted by Gasteiger charge is 2.51. The van der Waals surface area contributed by atoms with E-state index < -0.39 is 0 Å². The Morgan fingerprint density at radius 2 is 0.702 bits per heavy atom. The van der Waals surface area contributed by atoms with Gasteiger partial charge in [0, 0.05) is 0 Å². The first-order chi connectivity index (χ1) is 57.0. The van der Waals surface area contributed by atoms with Crippen molar-refractivity contribution in [2.24, 2.45) is 204 Å². The molecule has 10 bridgehead atoms. The molecule has 21 atom stereocenters. The summed E-state index contributed by atoms with van der Waals surface area (Å²) < 4.78 is 0. The molecule has 0 aromatic rings. The van der Waals surface area contributed by atoms with E-state index in [2.05, 4.69) is 215 Å². The van der Waals surface area contributed by atoms with Crippen LogP contribution in [0.1, 0.15) is 568 Å². The van der Waals surface area contributed by atoms with Crippen LogP contribution >= 0.6 is 0 Å². The minimum absolute atomic E-state index is 0.571. The Hall–Kier alpha value is 0. The zero-order valence-electron chi connectivity index (χ0n) is 89.6. The van der Waals surface area contributed by atoms with Crippen LogP contribution in [0.2, 0.25) is 0 Å².